The van der Waals surface area contributed by atoms with Crippen LogP contribution in [-0.4, -0.2) is 42.7 Å². The van der Waals surface area contributed by atoms with Crippen molar-refractivity contribution in [3.8, 4) is 0 Å². The van der Waals surface area contributed by atoms with Crippen LogP contribution in [-0.2, 0) is 21.2 Å². The van der Waals surface area contributed by atoms with Crippen molar-refractivity contribution in [3.63, 3.8) is 0 Å². The summed E-state index contributed by atoms with van der Waals surface area (Å²) in [7, 11) is -3.68. The minimum absolute atomic E-state index is 0.207. The molecule has 0 saturated carbocycles. The number of benzene rings is 1. The third-order valence-corrected chi connectivity index (χ3v) is 7.55. The van der Waals surface area contributed by atoms with Gasteiger partial charge in [-0.25, -0.2) is 13.4 Å². The van der Waals surface area contributed by atoms with Crippen LogP contribution in [0.4, 0.5) is 0 Å². The molecule has 1 fully saturated rings. The summed E-state index contributed by atoms with van der Waals surface area (Å²) in [5, 5.41) is 5.82. The number of nitrogens with zero attached hydrogens (tertiary/aromatic N) is 2. The molecule has 140 valence electrons. The van der Waals surface area contributed by atoms with Crippen molar-refractivity contribution in [1.82, 2.24) is 14.6 Å². The fourth-order valence-corrected chi connectivity index (χ4v) is 5.55. The molecule has 1 N–H and O–H groups in total. The molecule has 26 heavy (non-hydrogen) atoms. The van der Waals surface area contributed by atoms with E-state index in [9.17, 15) is 13.2 Å². The van der Waals surface area contributed by atoms with Gasteiger partial charge in [-0.15, -0.1) is 11.3 Å². The van der Waals surface area contributed by atoms with Crippen LogP contribution in [0.1, 0.15) is 23.5 Å². The average Bonchev–Trinajstić information content (AvgIpc) is 3.24. The zero-order valence-electron chi connectivity index (χ0n) is 14.3. The fraction of sp³-hybridized carbons (Fsp3) is 0.412. The van der Waals surface area contributed by atoms with E-state index in [4.69, 9.17) is 0 Å². The van der Waals surface area contributed by atoms with Crippen molar-refractivity contribution < 1.29 is 13.2 Å². The Morgan fingerprint density at radius 3 is 2.77 bits per heavy atom. The summed E-state index contributed by atoms with van der Waals surface area (Å²) in [6, 6.07) is 5.83. The number of amides is 1. The molecule has 3 rings (SSSR count). The molecule has 0 aliphatic carbocycles. The number of aryl methyl sites for hydroxylation is 1. The number of halogens is 1. The maximum absolute atomic E-state index is 12.9. The first-order chi connectivity index (χ1) is 12.4. The van der Waals surface area contributed by atoms with Gasteiger partial charge < -0.3 is 5.32 Å². The van der Waals surface area contributed by atoms with Crippen molar-refractivity contribution in [2.24, 2.45) is 0 Å². The van der Waals surface area contributed by atoms with Crippen LogP contribution in [0.25, 0.3) is 0 Å². The van der Waals surface area contributed by atoms with Crippen LogP contribution in [0.15, 0.2) is 39.0 Å². The van der Waals surface area contributed by atoms with E-state index in [1.165, 1.54) is 4.31 Å². The van der Waals surface area contributed by atoms with Crippen molar-refractivity contribution in [1.29, 1.82) is 0 Å². The van der Waals surface area contributed by atoms with Gasteiger partial charge >= 0.3 is 0 Å². The van der Waals surface area contributed by atoms with E-state index >= 15 is 0 Å². The first-order valence-electron chi connectivity index (χ1n) is 8.34. The van der Waals surface area contributed by atoms with Gasteiger partial charge in [0.1, 0.15) is 6.04 Å². The zero-order valence-corrected chi connectivity index (χ0v) is 17.5. The van der Waals surface area contributed by atoms with E-state index < -0.39 is 16.1 Å². The Hall–Kier alpha value is -1.29. The van der Waals surface area contributed by atoms with Crippen molar-refractivity contribution in [2.75, 3.05) is 13.1 Å². The molecule has 1 aliphatic rings. The van der Waals surface area contributed by atoms with E-state index in [1.807, 2.05) is 12.3 Å². The smallest absolute Gasteiger partial charge is 0.243 e. The van der Waals surface area contributed by atoms with Crippen molar-refractivity contribution in [2.45, 2.75) is 37.1 Å². The van der Waals surface area contributed by atoms with Gasteiger partial charge in [-0.05, 0) is 44.0 Å². The highest BCUT2D eigenvalue weighted by Gasteiger charge is 2.39. The van der Waals surface area contributed by atoms with Gasteiger partial charge in [0.05, 0.1) is 15.6 Å². The number of rotatable bonds is 6. The van der Waals surface area contributed by atoms with Crippen molar-refractivity contribution >= 4 is 43.2 Å². The van der Waals surface area contributed by atoms with E-state index in [2.05, 4.69) is 26.2 Å². The van der Waals surface area contributed by atoms with E-state index in [0.717, 1.165) is 15.2 Å². The van der Waals surface area contributed by atoms with Crippen LogP contribution >= 0.6 is 27.3 Å². The maximum Gasteiger partial charge on any atom is 0.243 e. The largest absolute Gasteiger partial charge is 0.354 e. The molecule has 2 aromatic rings. The molecule has 6 nitrogen and oxygen atoms in total. The fourth-order valence-electron chi connectivity index (χ4n) is 2.99. The molecule has 9 heteroatoms. The molecule has 0 spiro atoms. The molecule has 1 atom stereocenters. The number of nitrogens with one attached hydrogen (secondary N) is 1. The van der Waals surface area contributed by atoms with Gasteiger partial charge in [0.25, 0.3) is 0 Å². The lowest BCUT2D eigenvalue weighted by Crippen LogP contribution is -2.46. The zero-order chi connectivity index (χ0) is 18.7. The molecular formula is C17H20BrN3O3S2. The number of carbonyl (C=O) groups excluding carboxylic acids is 1. The second-order valence-electron chi connectivity index (χ2n) is 6.13. The number of thiazole rings is 1. The molecule has 0 bridgehead atoms. The normalized spacial score (nSPS) is 18.2. The SMILES string of the molecule is Cc1nc(CCNC(=O)C2CCCN2S(=O)(=O)c2ccc(Br)cc2)cs1. The molecular weight excluding hydrogens is 438 g/mol. The quantitative estimate of drug-likeness (QED) is 0.722. The van der Waals surface area contributed by atoms with Crippen LogP contribution in [0.2, 0.25) is 0 Å². The first kappa shape index (κ1) is 19.5. The summed E-state index contributed by atoms with van der Waals surface area (Å²) in [6.07, 6.45) is 1.86. The number of hydrogen-bond donors (Lipinski definition) is 1. The highest BCUT2D eigenvalue weighted by Crippen LogP contribution is 2.27. The standard InChI is InChI=1S/C17H20BrN3O3S2/c1-12-20-14(11-25-12)8-9-19-17(22)16-3-2-10-21(16)26(23,24)15-6-4-13(18)5-7-15/h4-7,11,16H,2-3,8-10H2,1H3,(H,19,22). The Morgan fingerprint density at radius 2 is 2.12 bits per heavy atom. The third-order valence-electron chi connectivity index (χ3n) is 4.27. The predicted molar refractivity (Wildman–Crippen MR) is 105 cm³/mol. The van der Waals surface area contributed by atoms with Gasteiger partial charge in [0, 0.05) is 29.4 Å². The van der Waals surface area contributed by atoms with Gasteiger partial charge in [0.2, 0.25) is 15.9 Å². The molecule has 1 saturated heterocycles. The lowest BCUT2D eigenvalue weighted by atomic mass is 10.2. The minimum Gasteiger partial charge on any atom is -0.354 e. The molecule has 2 heterocycles. The third kappa shape index (κ3) is 4.33. The Morgan fingerprint density at radius 1 is 1.38 bits per heavy atom. The highest BCUT2D eigenvalue weighted by molar-refractivity contribution is 9.10. The molecule has 1 amide bonds. The lowest BCUT2D eigenvalue weighted by Gasteiger charge is -2.23. The topological polar surface area (TPSA) is 79.4 Å². The first-order valence-corrected chi connectivity index (χ1v) is 11.5. The summed E-state index contributed by atoms with van der Waals surface area (Å²) >= 11 is 4.88. The van der Waals surface area contributed by atoms with E-state index in [0.29, 0.717) is 32.4 Å². The number of aromatic nitrogens is 1. The highest BCUT2D eigenvalue weighted by atomic mass is 79.9. The second-order valence-corrected chi connectivity index (χ2v) is 10.00. The predicted octanol–water partition coefficient (Wildman–Crippen LogP) is 2.73. The average molecular weight is 458 g/mol. The van der Waals surface area contributed by atoms with Crippen LogP contribution in [0.3, 0.4) is 0 Å². The van der Waals surface area contributed by atoms with Gasteiger partial charge in [-0.1, -0.05) is 15.9 Å². The van der Waals surface area contributed by atoms with Crippen LogP contribution in [0.5, 0.6) is 0 Å². The summed E-state index contributed by atoms with van der Waals surface area (Å²) in [6.45, 7) is 2.75. The number of sulfonamides is 1. The van der Waals surface area contributed by atoms with E-state index in [1.54, 1.807) is 35.6 Å². The lowest BCUT2D eigenvalue weighted by molar-refractivity contribution is -0.124. The van der Waals surface area contributed by atoms with Gasteiger partial charge in [-0.3, -0.25) is 4.79 Å². The van der Waals surface area contributed by atoms with Gasteiger partial charge in [-0.2, -0.15) is 4.31 Å². The number of hydrogen-bond acceptors (Lipinski definition) is 5. The monoisotopic (exact) mass is 457 g/mol. The second kappa shape index (κ2) is 8.16. The molecule has 0 radical (unpaired) electrons. The Kier molecular flexibility index (Phi) is 6.11. The Bertz CT molecular complexity index is 881. The molecule has 1 aliphatic heterocycles. The van der Waals surface area contributed by atoms with E-state index in [-0.39, 0.29) is 10.8 Å². The molecule has 1 aromatic heterocycles. The molecule has 1 aromatic carbocycles. The van der Waals surface area contributed by atoms with Crippen LogP contribution in [0, 0.1) is 6.92 Å². The van der Waals surface area contributed by atoms with Gasteiger partial charge in [0.15, 0.2) is 0 Å². The maximum atomic E-state index is 12.9. The summed E-state index contributed by atoms with van der Waals surface area (Å²) in [5.74, 6) is -0.241. The van der Waals surface area contributed by atoms with Crippen molar-refractivity contribution in [3.05, 3.63) is 44.8 Å². The van der Waals surface area contributed by atoms with Crippen LogP contribution < -0.4 is 5.32 Å². The number of carbonyl (C=O) groups is 1. The Labute approximate surface area is 165 Å². The molecule has 1 unspecified atom stereocenters. The summed E-state index contributed by atoms with van der Waals surface area (Å²) in [5.41, 5.74) is 0.943. The summed E-state index contributed by atoms with van der Waals surface area (Å²) < 4.78 is 27.9. The minimum atomic E-state index is -3.68. The summed E-state index contributed by atoms with van der Waals surface area (Å²) in [4.78, 5) is 17.1. The Balaban J connectivity index is 1.65.